The number of morpholine rings is 1. The molecule has 1 amide bonds. The summed E-state index contributed by atoms with van der Waals surface area (Å²) in [6.45, 7) is 3.46. The molecule has 20 heavy (non-hydrogen) atoms. The van der Waals surface area contributed by atoms with E-state index in [-0.39, 0.29) is 12.0 Å². The summed E-state index contributed by atoms with van der Waals surface area (Å²) >= 11 is 1.35. The third-order valence-electron chi connectivity index (χ3n) is 3.10. The summed E-state index contributed by atoms with van der Waals surface area (Å²) in [6.07, 6.45) is 3.05. The van der Waals surface area contributed by atoms with E-state index in [1.54, 1.807) is 22.8 Å². The molecule has 0 radical (unpaired) electrons. The number of carbonyl (C=O) groups excluding carboxylic acids is 1. The number of thiazole rings is 1. The van der Waals surface area contributed by atoms with E-state index in [9.17, 15) is 4.79 Å². The maximum absolute atomic E-state index is 12.3. The number of carbonyl (C=O) groups is 1. The molecule has 2 aromatic rings. The number of aromatic nitrogens is 3. The lowest BCUT2D eigenvalue weighted by Gasteiger charge is -2.31. The highest BCUT2D eigenvalue weighted by molar-refractivity contribution is 7.11. The lowest BCUT2D eigenvalue weighted by atomic mass is 10.2. The first-order valence-corrected chi connectivity index (χ1v) is 7.21. The van der Waals surface area contributed by atoms with Gasteiger partial charge >= 0.3 is 0 Å². The van der Waals surface area contributed by atoms with Gasteiger partial charge in [-0.25, -0.2) is 9.97 Å². The van der Waals surface area contributed by atoms with Gasteiger partial charge < -0.3 is 9.64 Å². The second-order valence-corrected chi connectivity index (χ2v) is 5.42. The molecule has 0 spiro atoms. The fraction of sp³-hybridized carbons (Fsp3) is 0.385. The Hall–Kier alpha value is -1.86. The second kappa shape index (κ2) is 5.64. The van der Waals surface area contributed by atoms with Crippen LogP contribution in [0.2, 0.25) is 0 Å². The van der Waals surface area contributed by atoms with Crippen molar-refractivity contribution in [2.75, 3.05) is 19.7 Å². The molecule has 1 saturated heterocycles. The molecule has 2 aromatic heterocycles. The number of aryl methyl sites for hydroxylation is 1. The Bertz CT molecular complexity index is 602. The van der Waals surface area contributed by atoms with E-state index in [0.717, 1.165) is 5.69 Å². The molecular formula is C13H14N4O2S. The van der Waals surface area contributed by atoms with E-state index in [1.165, 1.54) is 11.3 Å². The lowest BCUT2D eigenvalue weighted by Crippen LogP contribution is -2.42. The molecular weight excluding hydrogens is 276 g/mol. The van der Waals surface area contributed by atoms with Crippen molar-refractivity contribution < 1.29 is 9.53 Å². The SMILES string of the molecule is Cc1ccnc([C@H]2CN(C(=O)c3cncs3)CCO2)n1. The maximum Gasteiger partial charge on any atom is 0.265 e. The van der Waals surface area contributed by atoms with E-state index in [4.69, 9.17) is 4.74 Å². The van der Waals surface area contributed by atoms with Gasteiger partial charge in [-0.1, -0.05) is 0 Å². The third-order valence-corrected chi connectivity index (χ3v) is 3.86. The Labute approximate surface area is 120 Å². The van der Waals surface area contributed by atoms with Crippen molar-refractivity contribution in [1.82, 2.24) is 19.9 Å². The van der Waals surface area contributed by atoms with Gasteiger partial charge in [0.25, 0.3) is 5.91 Å². The Kier molecular flexibility index (Phi) is 3.70. The van der Waals surface area contributed by atoms with Crippen LogP contribution >= 0.6 is 11.3 Å². The molecule has 0 aromatic carbocycles. The predicted molar refractivity (Wildman–Crippen MR) is 73.5 cm³/mol. The standard InChI is InChI=1S/C13H14N4O2S/c1-9-2-3-15-12(16-9)10-7-17(4-5-19-10)13(18)11-6-14-8-20-11/h2-3,6,8,10H,4-5,7H2,1H3/t10-/m1/s1. The van der Waals surface area contributed by atoms with Gasteiger partial charge in [0.2, 0.25) is 0 Å². The summed E-state index contributed by atoms with van der Waals surface area (Å²) in [5, 5.41) is 0. The van der Waals surface area contributed by atoms with Gasteiger partial charge in [0.15, 0.2) is 5.82 Å². The van der Waals surface area contributed by atoms with Crippen LogP contribution < -0.4 is 0 Å². The zero-order chi connectivity index (χ0) is 13.9. The molecule has 0 saturated carbocycles. The molecule has 3 rings (SSSR count). The van der Waals surface area contributed by atoms with Crippen LogP contribution in [0.4, 0.5) is 0 Å². The number of hydrogen-bond donors (Lipinski definition) is 0. The van der Waals surface area contributed by atoms with Gasteiger partial charge in [0, 0.05) is 18.4 Å². The summed E-state index contributed by atoms with van der Waals surface area (Å²) in [5.74, 6) is 0.625. The molecule has 3 heterocycles. The van der Waals surface area contributed by atoms with Crippen LogP contribution in [0.5, 0.6) is 0 Å². The van der Waals surface area contributed by atoms with Crippen molar-refractivity contribution in [3.8, 4) is 0 Å². The zero-order valence-corrected chi connectivity index (χ0v) is 11.8. The minimum Gasteiger partial charge on any atom is -0.367 e. The van der Waals surface area contributed by atoms with Crippen molar-refractivity contribution in [1.29, 1.82) is 0 Å². The smallest absolute Gasteiger partial charge is 0.265 e. The molecule has 0 N–H and O–H groups in total. The molecule has 1 atom stereocenters. The van der Waals surface area contributed by atoms with Gasteiger partial charge in [-0.3, -0.25) is 9.78 Å². The Morgan fingerprint density at radius 3 is 3.20 bits per heavy atom. The number of nitrogens with zero attached hydrogens (tertiary/aromatic N) is 4. The minimum absolute atomic E-state index is 0.00606. The van der Waals surface area contributed by atoms with Crippen molar-refractivity contribution >= 4 is 17.2 Å². The fourth-order valence-corrected chi connectivity index (χ4v) is 2.68. The van der Waals surface area contributed by atoms with Crippen LogP contribution in [0.15, 0.2) is 24.0 Å². The Balaban J connectivity index is 1.75. The first-order valence-electron chi connectivity index (χ1n) is 6.33. The van der Waals surface area contributed by atoms with Crippen LogP contribution in [0.3, 0.4) is 0 Å². The normalized spacial score (nSPS) is 19.1. The first-order chi connectivity index (χ1) is 9.74. The molecule has 104 valence electrons. The summed E-state index contributed by atoms with van der Waals surface area (Å²) in [4.78, 5) is 27.3. The molecule has 0 unspecified atom stereocenters. The largest absolute Gasteiger partial charge is 0.367 e. The van der Waals surface area contributed by atoms with E-state index in [1.807, 2.05) is 13.0 Å². The van der Waals surface area contributed by atoms with Gasteiger partial charge in [0.05, 0.1) is 24.9 Å². The van der Waals surface area contributed by atoms with Crippen LogP contribution in [0, 0.1) is 6.92 Å². The molecule has 1 aliphatic rings. The van der Waals surface area contributed by atoms with Crippen LogP contribution in [0.1, 0.15) is 27.3 Å². The fourth-order valence-electron chi connectivity index (χ4n) is 2.09. The zero-order valence-electron chi connectivity index (χ0n) is 11.0. The van der Waals surface area contributed by atoms with E-state index < -0.39 is 0 Å². The Morgan fingerprint density at radius 1 is 1.55 bits per heavy atom. The molecule has 0 bridgehead atoms. The van der Waals surface area contributed by atoms with Gasteiger partial charge in [0.1, 0.15) is 11.0 Å². The minimum atomic E-state index is -0.263. The average Bonchev–Trinajstić information content (AvgIpc) is 3.01. The quantitative estimate of drug-likeness (QED) is 0.837. The van der Waals surface area contributed by atoms with E-state index in [2.05, 4.69) is 15.0 Å². The van der Waals surface area contributed by atoms with Gasteiger partial charge in [-0.15, -0.1) is 11.3 Å². The summed E-state index contributed by atoms with van der Waals surface area (Å²) < 4.78 is 5.69. The van der Waals surface area contributed by atoms with Gasteiger partial charge in [-0.2, -0.15) is 0 Å². The van der Waals surface area contributed by atoms with E-state index in [0.29, 0.717) is 30.4 Å². The maximum atomic E-state index is 12.3. The number of ether oxygens (including phenoxy) is 1. The van der Waals surface area contributed by atoms with Crippen LogP contribution in [-0.4, -0.2) is 45.5 Å². The average molecular weight is 290 g/mol. The number of hydrogen-bond acceptors (Lipinski definition) is 6. The molecule has 1 fully saturated rings. The number of amides is 1. The molecule has 1 aliphatic heterocycles. The van der Waals surface area contributed by atoms with Crippen LogP contribution in [0.25, 0.3) is 0 Å². The molecule has 6 nitrogen and oxygen atoms in total. The van der Waals surface area contributed by atoms with Crippen molar-refractivity contribution in [3.63, 3.8) is 0 Å². The lowest BCUT2D eigenvalue weighted by molar-refractivity contribution is -0.0267. The monoisotopic (exact) mass is 290 g/mol. The molecule has 0 aliphatic carbocycles. The highest BCUT2D eigenvalue weighted by Gasteiger charge is 2.28. The highest BCUT2D eigenvalue weighted by atomic mass is 32.1. The second-order valence-electron chi connectivity index (χ2n) is 4.53. The first kappa shape index (κ1) is 13.1. The molecule has 7 heteroatoms. The Morgan fingerprint density at radius 2 is 2.45 bits per heavy atom. The summed E-state index contributed by atoms with van der Waals surface area (Å²) in [5.41, 5.74) is 2.55. The highest BCUT2D eigenvalue weighted by Crippen LogP contribution is 2.21. The van der Waals surface area contributed by atoms with Crippen LogP contribution in [-0.2, 0) is 4.74 Å². The van der Waals surface area contributed by atoms with Crippen molar-refractivity contribution in [2.24, 2.45) is 0 Å². The van der Waals surface area contributed by atoms with Gasteiger partial charge in [-0.05, 0) is 13.0 Å². The van der Waals surface area contributed by atoms with Crippen molar-refractivity contribution in [2.45, 2.75) is 13.0 Å². The van der Waals surface area contributed by atoms with Crippen molar-refractivity contribution in [3.05, 3.63) is 40.4 Å². The third kappa shape index (κ3) is 2.68. The summed E-state index contributed by atoms with van der Waals surface area (Å²) in [7, 11) is 0. The van der Waals surface area contributed by atoms with E-state index >= 15 is 0 Å². The predicted octanol–water partition coefficient (Wildman–Crippen LogP) is 1.46. The summed E-state index contributed by atoms with van der Waals surface area (Å²) in [6, 6.07) is 1.84. The number of rotatable bonds is 2. The topological polar surface area (TPSA) is 68.2 Å².